The van der Waals surface area contributed by atoms with Crippen LogP contribution in [0.3, 0.4) is 0 Å². The highest BCUT2D eigenvalue weighted by Crippen LogP contribution is 2.32. The molecule has 1 heterocycles. The Bertz CT molecular complexity index is 162. The molecule has 2 bridgehead atoms. The van der Waals surface area contributed by atoms with Gasteiger partial charge in [0.1, 0.15) is 0 Å². The van der Waals surface area contributed by atoms with Crippen molar-refractivity contribution in [3.05, 3.63) is 0 Å². The quantitative estimate of drug-likeness (QED) is 0.620. The number of nitrogens with zero attached hydrogens (tertiary/aromatic N) is 1. The third-order valence-electron chi connectivity index (χ3n) is 4.11. The zero-order valence-corrected chi connectivity index (χ0v) is 9.84. The van der Waals surface area contributed by atoms with E-state index in [1.54, 1.807) is 0 Å². The Balaban J connectivity index is 1.96. The van der Waals surface area contributed by atoms with E-state index >= 15 is 0 Å². The van der Waals surface area contributed by atoms with Crippen LogP contribution in [0.4, 0.5) is 0 Å². The molecule has 0 aromatic heterocycles. The molecule has 14 heavy (non-hydrogen) atoms. The first-order valence-electron chi connectivity index (χ1n) is 6.49. The van der Waals surface area contributed by atoms with Crippen LogP contribution in [0.2, 0.25) is 0 Å². The third-order valence-corrected chi connectivity index (χ3v) is 4.11. The summed E-state index contributed by atoms with van der Waals surface area (Å²) < 4.78 is 0. The van der Waals surface area contributed by atoms with Crippen molar-refractivity contribution < 1.29 is 0 Å². The average molecular weight is 195 g/mol. The maximum atomic E-state index is 2.71. The number of likely N-dealkylation sites (tertiary alicyclic amines) is 1. The summed E-state index contributed by atoms with van der Waals surface area (Å²) in [4.78, 5) is 2.71. The van der Waals surface area contributed by atoms with Crippen molar-refractivity contribution in [1.82, 2.24) is 4.90 Å². The van der Waals surface area contributed by atoms with Gasteiger partial charge in [0.15, 0.2) is 0 Å². The van der Waals surface area contributed by atoms with E-state index in [9.17, 15) is 0 Å². The van der Waals surface area contributed by atoms with Gasteiger partial charge in [0.2, 0.25) is 0 Å². The van der Waals surface area contributed by atoms with E-state index in [4.69, 9.17) is 0 Å². The minimum Gasteiger partial charge on any atom is -0.300 e. The van der Waals surface area contributed by atoms with Crippen LogP contribution in [0.15, 0.2) is 0 Å². The van der Waals surface area contributed by atoms with Gasteiger partial charge in [-0.1, -0.05) is 19.3 Å². The smallest absolute Gasteiger partial charge is 0.00388 e. The Morgan fingerprint density at radius 3 is 2.00 bits per heavy atom. The zero-order chi connectivity index (χ0) is 9.97. The maximum absolute atomic E-state index is 2.71. The Hall–Kier alpha value is -0.0400. The lowest BCUT2D eigenvalue weighted by molar-refractivity contribution is 0.0796. The van der Waals surface area contributed by atoms with Gasteiger partial charge >= 0.3 is 0 Å². The molecule has 1 heteroatoms. The molecule has 82 valence electrons. The van der Waals surface area contributed by atoms with Gasteiger partial charge in [-0.25, -0.2) is 0 Å². The van der Waals surface area contributed by atoms with Gasteiger partial charge in [-0.15, -0.1) is 0 Å². The van der Waals surface area contributed by atoms with E-state index in [-0.39, 0.29) is 0 Å². The molecule has 2 unspecified atom stereocenters. The van der Waals surface area contributed by atoms with Crippen LogP contribution in [0.5, 0.6) is 0 Å². The monoisotopic (exact) mass is 195 g/mol. The fourth-order valence-corrected chi connectivity index (χ4v) is 3.24. The number of hydrogen-bond acceptors (Lipinski definition) is 1. The van der Waals surface area contributed by atoms with Gasteiger partial charge in [0.05, 0.1) is 0 Å². The third kappa shape index (κ3) is 2.50. The van der Waals surface area contributed by atoms with Crippen molar-refractivity contribution in [2.75, 3.05) is 13.1 Å². The molecule has 1 saturated carbocycles. The van der Waals surface area contributed by atoms with Crippen molar-refractivity contribution in [2.24, 2.45) is 11.8 Å². The SMILES string of the molecule is CC(C)N1CC2CCCCCC(C2)C1. The van der Waals surface area contributed by atoms with Gasteiger partial charge in [0, 0.05) is 19.1 Å². The molecule has 2 aliphatic rings. The average Bonchev–Trinajstić information content (AvgIpc) is 2.14. The normalized spacial score (nSPS) is 35.4. The number of hydrogen-bond donors (Lipinski definition) is 0. The molecule has 0 N–H and O–H groups in total. The summed E-state index contributed by atoms with van der Waals surface area (Å²) >= 11 is 0. The molecule has 0 spiro atoms. The van der Waals surface area contributed by atoms with Gasteiger partial charge < -0.3 is 4.90 Å². The van der Waals surface area contributed by atoms with Crippen LogP contribution in [-0.2, 0) is 0 Å². The Morgan fingerprint density at radius 1 is 0.929 bits per heavy atom. The van der Waals surface area contributed by atoms with Crippen LogP contribution < -0.4 is 0 Å². The van der Waals surface area contributed by atoms with E-state index in [0.717, 1.165) is 17.9 Å². The zero-order valence-electron chi connectivity index (χ0n) is 9.84. The number of fused-ring (bicyclic) bond motifs is 2. The van der Waals surface area contributed by atoms with Crippen molar-refractivity contribution in [3.63, 3.8) is 0 Å². The summed E-state index contributed by atoms with van der Waals surface area (Å²) in [5.41, 5.74) is 0. The molecule has 1 nitrogen and oxygen atoms in total. The van der Waals surface area contributed by atoms with Crippen molar-refractivity contribution in [2.45, 2.75) is 58.4 Å². The highest BCUT2D eigenvalue weighted by Gasteiger charge is 2.28. The Morgan fingerprint density at radius 2 is 1.50 bits per heavy atom. The lowest BCUT2D eigenvalue weighted by Gasteiger charge is -2.41. The lowest BCUT2D eigenvalue weighted by Crippen LogP contribution is -2.44. The summed E-state index contributed by atoms with van der Waals surface area (Å²) in [7, 11) is 0. The minimum atomic E-state index is 0.764. The molecule has 1 aliphatic heterocycles. The van der Waals surface area contributed by atoms with Crippen LogP contribution in [0, 0.1) is 11.8 Å². The summed E-state index contributed by atoms with van der Waals surface area (Å²) in [5, 5.41) is 0. The fourth-order valence-electron chi connectivity index (χ4n) is 3.24. The first-order valence-corrected chi connectivity index (χ1v) is 6.49. The largest absolute Gasteiger partial charge is 0.300 e. The number of rotatable bonds is 1. The Labute approximate surface area is 88.9 Å². The van der Waals surface area contributed by atoms with Crippen LogP contribution in [0.25, 0.3) is 0 Å². The first kappa shape index (κ1) is 10.5. The number of piperidine rings is 1. The van der Waals surface area contributed by atoms with E-state index in [1.807, 2.05) is 0 Å². The van der Waals surface area contributed by atoms with Gasteiger partial charge in [-0.3, -0.25) is 0 Å². The molecular weight excluding hydrogens is 170 g/mol. The van der Waals surface area contributed by atoms with Crippen molar-refractivity contribution >= 4 is 0 Å². The summed E-state index contributed by atoms with van der Waals surface area (Å²) in [6.45, 7) is 7.47. The summed E-state index contributed by atoms with van der Waals surface area (Å²) in [6, 6.07) is 0.764. The molecule has 0 amide bonds. The second-order valence-corrected chi connectivity index (χ2v) is 5.65. The van der Waals surface area contributed by atoms with E-state index in [0.29, 0.717) is 0 Å². The first-order chi connectivity index (χ1) is 6.75. The predicted octanol–water partition coefficient (Wildman–Crippen LogP) is 3.30. The molecule has 2 rings (SSSR count). The fraction of sp³-hybridized carbons (Fsp3) is 1.00. The second-order valence-electron chi connectivity index (χ2n) is 5.65. The predicted molar refractivity (Wildman–Crippen MR) is 61.4 cm³/mol. The van der Waals surface area contributed by atoms with E-state index in [2.05, 4.69) is 18.7 Å². The standard InChI is InChI=1S/C13H25N/c1-11(2)14-9-12-6-4-3-5-7-13(8-12)10-14/h11-13H,3-10H2,1-2H3. The van der Waals surface area contributed by atoms with Gasteiger partial charge in [-0.05, 0) is 44.9 Å². The molecule has 1 saturated heterocycles. The molecule has 0 radical (unpaired) electrons. The molecule has 2 fully saturated rings. The van der Waals surface area contributed by atoms with E-state index < -0.39 is 0 Å². The van der Waals surface area contributed by atoms with Crippen LogP contribution in [0.1, 0.15) is 52.4 Å². The summed E-state index contributed by atoms with van der Waals surface area (Å²) in [6.07, 6.45) is 9.00. The Kier molecular flexibility index (Phi) is 3.48. The van der Waals surface area contributed by atoms with Crippen molar-refractivity contribution in [1.29, 1.82) is 0 Å². The maximum Gasteiger partial charge on any atom is 0.00388 e. The molecule has 0 aromatic rings. The molecule has 0 aromatic carbocycles. The highest BCUT2D eigenvalue weighted by molar-refractivity contribution is 4.82. The van der Waals surface area contributed by atoms with E-state index in [1.165, 1.54) is 51.6 Å². The molecule has 1 aliphatic carbocycles. The highest BCUT2D eigenvalue weighted by atomic mass is 15.2. The van der Waals surface area contributed by atoms with Crippen LogP contribution >= 0.6 is 0 Å². The van der Waals surface area contributed by atoms with Crippen LogP contribution in [-0.4, -0.2) is 24.0 Å². The molecule has 2 atom stereocenters. The summed E-state index contributed by atoms with van der Waals surface area (Å²) in [5.74, 6) is 2.05. The lowest BCUT2D eigenvalue weighted by atomic mass is 9.80. The van der Waals surface area contributed by atoms with Gasteiger partial charge in [0.25, 0.3) is 0 Å². The minimum absolute atomic E-state index is 0.764. The topological polar surface area (TPSA) is 3.24 Å². The second kappa shape index (κ2) is 4.65. The van der Waals surface area contributed by atoms with Gasteiger partial charge in [-0.2, -0.15) is 0 Å². The molecular formula is C13H25N. The van der Waals surface area contributed by atoms with Crippen molar-refractivity contribution in [3.8, 4) is 0 Å².